The molecule has 0 radical (unpaired) electrons. The van der Waals surface area contributed by atoms with Crippen LogP contribution in [0.15, 0.2) is 47.4 Å². The summed E-state index contributed by atoms with van der Waals surface area (Å²) in [5.41, 5.74) is 6.48. The Morgan fingerprint density at radius 1 is 1.12 bits per heavy atom. The van der Waals surface area contributed by atoms with Gasteiger partial charge in [0.25, 0.3) is 15.9 Å². The number of hydrogen-bond donors (Lipinski definition) is 2. The highest BCUT2D eigenvalue weighted by Gasteiger charge is 2.23. The van der Waals surface area contributed by atoms with E-state index in [1.165, 1.54) is 19.1 Å². The number of esters is 1. The van der Waals surface area contributed by atoms with Crippen LogP contribution in [-0.2, 0) is 19.6 Å². The van der Waals surface area contributed by atoms with E-state index < -0.39 is 28.0 Å². The molecule has 0 aliphatic carbocycles. The van der Waals surface area contributed by atoms with E-state index in [-0.39, 0.29) is 16.1 Å². The second-order valence-electron chi connectivity index (χ2n) is 5.87. The summed E-state index contributed by atoms with van der Waals surface area (Å²) in [7, 11) is -3.92. The number of benzene rings is 2. The lowest BCUT2D eigenvalue weighted by Crippen LogP contribution is -2.30. The van der Waals surface area contributed by atoms with Crippen LogP contribution in [0.3, 0.4) is 0 Å². The normalized spacial score (nSPS) is 12.3. The third-order valence-electron chi connectivity index (χ3n) is 3.71. The first-order valence-corrected chi connectivity index (χ1v) is 9.29. The van der Waals surface area contributed by atoms with Crippen molar-refractivity contribution in [3.05, 3.63) is 59.2 Å². The number of anilines is 1. The van der Waals surface area contributed by atoms with Gasteiger partial charge in [0.1, 0.15) is 0 Å². The fourth-order valence-electron chi connectivity index (χ4n) is 2.23. The van der Waals surface area contributed by atoms with E-state index in [1.54, 1.807) is 38.1 Å². The Bertz CT molecular complexity index is 954. The second-order valence-corrected chi connectivity index (χ2v) is 7.52. The zero-order chi connectivity index (χ0) is 19.5. The molecule has 8 heteroatoms. The Hall–Kier alpha value is -2.87. The van der Waals surface area contributed by atoms with Crippen molar-refractivity contribution < 1.29 is 22.7 Å². The van der Waals surface area contributed by atoms with Crippen molar-refractivity contribution in [1.29, 1.82) is 0 Å². The maximum Gasteiger partial charge on any atom is 0.341 e. The summed E-state index contributed by atoms with van der Waals surface area (Å²) in [6.45, 7) is 4.81. The number of nitrogens with two attached hydrogens (primary N) is 1. The zero-order valence-corrected chi connectivity index (χ0v) is 15.5. The van der Waals surface area contributed by atoms with E-state index in [1.807, 2.05) is 6.07 Å². The summed E-state index contributed by atoms with van der Waals surface area (Å²) >= 11 is 0. The largest absolute Gasteiger partial charge is 0.449 e. The number of primary amides is 1. The molecule has 2 aromatic carbocycles. The summed E-state index contributed by atoms with van der Waals surface area (Å²) in [5, 5.41) is 0. The molecule has 0 fully saturated rings. The standard InChI is InChI=1S/C18H20N2O5S/c1-11-8-9-12(2)16(10-11)26(23,24)20-15-7-5-4-6-14(15)18(22)25-13(3)17(19)21/h4-10,13,20H,1-3H3,(H2,19,21)/t13-/m0/s1. The second kappa shape index (κ2) is 7.57. The van der Waals surface area contributed by atoms with Gasteiger partial charge in [0, 0.05) is 0 Å². The minimum Gasteiger partial charge on any atom is -0.449 e. The van der Waals surface area contributed by atoms with Gasteiger partial charge in [0.2, 0.25) is 0 Å². The minimum absolute atomic E-state index is 0.0190. The van der Waals surface area contributed by atoms with Gasteiger partial charge in [0.15, 0.2) is 6.10 Å². The summed E-state index contributed by atoms with van der Waals surface area (Å²) < 4.78 is 32.8. The molecule has 0 heterocycles. The molecule has 0 saturated carbocycles. The van der Waals surface area contributed by atoms with Crippen LogP contribution < -0.4 is 10.5 Å². The number of ether oxygens (including phenoxy) is 1. The van der Waals surface area contributed by atoms with Crippen molar-refractivity contribution in [2.24, 2.45) is 5.73 Å². The molecular weight excluding hydrogens is 356 g/mol. The molecule has 3 N–H and O–H groups in total. The quantitative estimate of drug-likeness (QED) is 0.749. The minimum atomic E-state index is -3.92. The molecule has 0 saturated heterocycles. The summed E-state index contributed by atoms with van der Waals surface area (Å²) in [5.74, 6) is -1.65. The first-order valence-electron chi connectivity index (χ1n) is 7.81. The van der Waals surface area contributed by atoms with Crippen LogP contribution >= 0.6 is 0 Å². The van der Waals surface area contributed by atoms with Gasteiger partial charge in [-0.1, -0.05) is 24.3 Å². The van der Waals surface area contributed by atoms with Crippen LogP contribution in [0.5, 0.6) is 0 Å². The molecular formula is C18H20N2O5S. The molecule has 1 amide bonds. The zero-order valence-electron chi connectivity index (χ0n) is 14.6. The highest BCUT2D eigenvalue weighted by Crippen LogP contribution is 2.23. The predicted molar refractivity (Wildman–Crippen MR) is 97.2 cm³/mol. The Balaban J connectivity index is 2.37. The van der Waals surface area contributed by atoms with Crippen LogP contribution in [0.2, 0.25) is 0 Å². The predicted octanol–water partition coefficient (Wildman–Crippen LogP) is 2.13. The average molecular weight is 376 g/mol. The molecule has 0 aliphatic rings. The van der Waals surface area contributed by atoms with Crippen molar-refractivity contribution >= 4 is 27.6 Å². The van der Waals surface area contributed by atoms with E-state index in [4.69, 9.17) is 10.5 Å². The van der Waals surface area contributed by atoms with Crippen molar-refractivity contribution in [3.8, 4) is 0 Å². The molecule has 7 nitrogen and oxygen atoms in total. The lowest BCUT2D eigenvalue weighted by atomic mass is 10.2. The average Bonchev–Trinajstić information content (AvgIpc) is 2.56. The first kappa shape index (κ1) is 19.5. The number of sulfonamides is 1. The van der Waals surface area contributed by atoms with Crippen molar-refractivity contribution in [1.82, 2.24) is 0 Å². The van der Waals surface area contributed by atoms with E-state index in [0.29, 0.717) is 5.56 Å². The van der Waals surface area contributed by atoms with Gasteiger partial charge in [0.05, 0.1) is 16.1 Å². The number of amides is 1. The maximum absolute atomic E-state index is 12.7. The lowest BCUT2D eigenvalue weighted by Gasteiger charge is -2.15. The Labute approximate surface area is 152 Å². The number of carbonyl (C=O) groups is 2. The topological polar surface area (TPSA) is 116 Å². The van der Waals surface area contributed by atoms with E-state index in [0.717, 1.165) is 5.56 Å². The molecule has 0 spiro atoms. The number of rotatable bonds is 6. The molecule has 2 aromatic rings. The van der Waals surface area contributed by atoms with Crippen LogP contribution in [0.25, 0.3) is 0 Å². The van der Waals surface area contributed by atoms with Gasteiger partial charge in [-0.3, -0.25) is 9.52 Å². The molecule has 26 heavy (non-hydrogen) atoms. The number of aryl methyl sites for hydroxylation is 2. The van der Waals surface area contributed by atoms with Crippen molar-refractivity contribution in [2.75, 3.05) is 4.72 Å². The summed E-state index contributed by atoms with van der Waals surface area (Å²) in [6.07, 6.45) is -1.13. The third-order valence-corrected chi connectivity index (χ3v) is 5.22. The lowest BCUT2D eigenvalue weighted by molar-refractivity contribution is -0.125. The van der Waals surface area contributed by atoms with E-state index in [2.05, 4.69) is 4.72 Å². The van der Waals surface area contributed by atoms with Gasteiger partial charge in [-0.15, -0.1) is 0 Å². The smallest absolute Gasteiger partial charge is 0.341 e. The van der Waals surface area contributed by atoms with Crippen LogP contribution in [0.4, 0.5) is 5.69 Å². The van der Waals surface area contributed by atoms with Crippen LogP contribution in [0.1, 0.15) is 28.4 Å². The molecule has 1 atom stereocenters. The van der Waals surface area contributed by atoms with Crippen LogP contribution in [-0.4, -0.2) is 26.4 Å². The first-order chi connectivity index (χ1) is 12.1. The van der Waals surface area contributed by atoms with Crippen molar-refractivity contribution in [3.63, 3.8) is 0 Å². The monoisotopic (exact) mass is 376 g/mol. The van der Waals surface area contributed by atoms with Gasteiger partial charge < -0.3 is 10.5 Å². The SMILES string of the molecule is Cc1ccc(C)c(S(=O)(=O)Nc2ccccc2C(=O)O[C@@H](C)C(N)=O)c1. The fraction of sp³-hybridized carbons (Fsp3) is 0.222. The van der Waals surface area contributed by atoms with E-state index in [9.17, 15) is 18.0 Å². The molecule has 0 aromatic heterocycles. The highest BCUT2D eigenvalue weighted by atomic mass is 32.2. The molecule has 138 valence electrons. The molecule has 0 aliphatic heterocycles. The van der Waals surface area contributed by atoms with E-state index >= 15 is 0 Å². The van der Waals surface area contributed by atoms with Gasteiger partial charge in [-0.2, -0.15) is 0 Å². The van der Waals surface area contributed by atoms with Gasteiger partial charge in [-0.05, 0) is 50.1 Å². The Morgan fingerprint density at radius 2 is 1.77 bits per heavy atom. The fourth-order valence-corrected chi connectivity index (χ4v) is 3.64. The van der Waals surface area contributed by atoms with Crippen LogP contribution in [0, 0.1) is 13.8 Å². The molecule has 0 unspecified atom stereocenters. The number of carbonyl (C=O) groups excluding carboxylic acids is 2. The van der Waals surface area contributed by atoms with Gasteiger partial charge >= 0.3 is 5.97 Å². The summed E-state index contributed by atoms with van der Waals surface area (Å²) in [4.78, 5) is 23.4. The summed E-state index contributed by atoms with van der Waals surface area (Å²) in [6, 6.07) is 11.0. The Kier molecular flexibility index (Phi) is 5.66. The Morgan fingerprint density at radius 3 is 2.42 bits per heavy atom. The highest BCUT2D eigenvalue weighted by molar-refractivity contribution is 7.92. The molecule has 2 rings (SSSR count). The number of para-hydroxylation sites is 1. The van der Waals surface area contributed by atoms with Crippen molar-refractivity contribution in [2.45, 2.75) is 31.8 Å². The number of nitrogens with one attached hydrogen (secondary N) is 1. The third kappa shape index (κ3) is 4.40. The number of hydrogen-bond acceptors (Lipinski definition) is 5. The molecule has 0 bridgehead atoms. The maximum atomic E-state index is 12.7. The van der Waals surface area contributed by atoms with Gasteiger partial charge in [-0.25, -0.2) is 13.2 Å².